The number of pyridine rings is 5. The molecule has 9 heteroatoms. The quantitative estimate of drug-likeness (QED) is 0.171. The van der Waals surface area contributed by atoms with Gasteiger partial charge in [0.25, 0.3) is 0 Å². The summed E-state index contributed by atoms with van der Waals surface area (Å²) in [5.74, 6) is 0.773. The third kappa shape index (κ3) is 5.83. The van der Waals surface area contributed by atoms with Gasteiger partial charge in [0.15, 0.2) is 0 Å². The van der Waals surface area contributed by atoms with Crippen molar-refractivity contribution in [2.75, 3.05) is 0 Å². The highest BCUT2D eigenvalue weighted by Crippen LogP contribution is 2.40. The first-order valence-corrected chi connectivity index (χ1v) is 20.3. The molecule has 0 saturated heterocycles. The van der Waals surface area contributed by atoms with Crippen LogP contribution in [-0.4, -0.2) is 34.1 Å². The van der Waals surface area contributed by atoms with Crippen molar-refractivity contribution in [3.63, 3.8) is 0 Å². The van der Waals surface area contributed by atoms with E-state index in [9.17, 15) is 0 Å². The number of para-hydroxylation sites is 2. The van der Waals surface area contributed by atoms with Gasteiger partial charge in [-0.3, -0.25) is 24.1 Å². The Morgan fingerprint density at radius 2 is 0.887 bits per heavy atom. The highest BCUT2D eigenvalue weighted by atomic mass is 16.3. The smallest absolute Gasteiger partial charge is 0.216 e. The largest absolute Gasteiger partial charge is 0.439 e. The average molecular weight is 800 g/mol. The molecule has 0 atom stereocenters. The number of fused-ring (bicyclic) bond motifs is 10. The Labute approximate surface area is 353 Å². The van der Waals surface area contributed by atoms with Gasteiger partial charge in [0.05, 0.1) is 50.3 Å². The lowest BCUT2D eigenvalue weighted by Crippen LogP contribution is -1.98. The van der Waals surface area contributed by atoms with Gasteiger partial charge >= 0.3 is 0 Å². The molecule has 0 aliphatic carbocycles. The van der Waals surface area contributed by atoms with Crippen LogP contribution in [0.2, 0.25) is 0 Å². The number of hydrogen-bond acceptors (Lipinski definition) is 7. The second-order valence-electron chi connectivity index (χ2n) is 14.9. The molecule has 0 unspecified atom stereocenters. The van der Waals surface area contributed by atoms with E-state index in [1.54, 1.807) is 6.20 Å². The Balaban J connectivity index is 0.000000135. The number of rotatable bonds is 5. The fourth-order valence-corrected chi connectivity index (χ4v) is 8.44. The molecular weight excluding hydrogens is 767 g/mol. The highest BCUT2D eigenvalue weighted by Gasteiger charge is 2.22. The molecule has 0 bridgehead atoms. The van der Waals surface area contributed by atoms with E-state index in [0.717, 1.165) is 112 Å². The van der Waals surface area contributed by atoms with Gasteiger partial charge in [0.1, 0.15) is 28.0 Å². The van der Waals surface area contributed by atoms with Crippen LogP contribution in [0, 0.1) is 0 Å². The summed E-state index contributed by atoms with van der Waals surface area (Å²) in [5, 5.41) is 4.17. The summed E-state index contributed by atoms with van der Waals surface area (Å²) >= 11 is 0. The first-order valence-electron chi connectivity index (χ1n) is 20.3. The van der Waals surface area contributed by atoms with Gasteiger partial charge < -0.3 is 8.83 Å². The Kier molecular flexibility index (Phi) is 8.27. The normalized spacial score (nSPS) is 11.5. The zero-order chi connectivity index (χ0) is 41.0. The van der Waals surface area contributed by atoms with E-state index < -0.39 is 0 Å². The number of nitrogens with zero attached hydrogens (tertiary/aromatic N) is 7. The molecule has 0 aliphatic heterocycles. The summed E-state index contributed by atoms with van der Waals surface area (Å²) < 4.78 is 16.8. The highest BCUT2D eigenvalue weighted by molar-refractivity contribution is 6.19. The number of aromatic nitrogens is 7. The molecule has 9 heterocycles. The van der Waals surface area contributed by atoms with Gasteiger partial charge in [-0.25, -0.2) is 9.97 Å². The molecular formula is C53H33N7O2. The van der Waals surface area contributed by atoms with Crippen molar-refractivity contribution in [3.8, 4) is 45.4 Å². The monoisotopic (exact) mass is 799 g/mol. The lowest BCUT2D eigenvalue weighted by atomic mass is 10.1. The van der Waals surface area contributed by atoms with E-state index in [0.29, 0.717) is 0 Å². The molecule has 0 saturated carbocycles. The molecule has 0 spiro atoms. The molecule has 13 rings (SSSR count). The number of furan rings is 2. The van der Waals surface area contributed by atoms with Gasteiger partial charge in [-0.05, 0) is 72.8 Å². The molecule has 0 fully saturated rings. The van der Waals surface area contributed by atoms with Crippen molar-refractivity contribution in [2.45, 2.75) is 0 Å². The SMILES string of the molecule is c1ccc(-c2cc(-n3c4cccnc4c4c5ccccc5oc43)cc(-c3ccccc3)n2)cc1.c1ccc(-c2cccc(-n3c4cccnc4c4c5ccccc5oc43)n2)nc1. The summed E-state index contributed by atoms with van der Waals surface area (Å²) in [5.41, 5.74) is 13.6. The van der Waals surface area contributed by atoms with Crippen LogP contribution in [0.5, 0.6) is 0 Å². The lowest BCUT2D eigenvalue weighted by Gasteiger charge is -2.12. The van der Waals surface area contributed by atoms with Crippen LogP contribution in [0.25, 0.3) is 112 Å². The summed E-state index contributed by atoms with van der Waals surface area (Å²) in [7, 11) is 0. The summed E-state index contributed by atoms with van der Waals surface area (Å²) in [4.78, 5) is 23.7. The molecule has 0 amide bonds. The van der Waals surface area contributed by atoms with Crippen molar-refractivity contribution in [1.29, 1.82) is 0 Å². The van der Waals surface area contributed by atoms with Crippen LogP contribution in [-0.2, 0) is 0 Å². The molecule has 0 aliphatic rings. The molecule has 0 N–H and O–H groups in total. The second-order valence-corrected chi connectivity index (χ2v) is 14.9. The van der Waals surface area contributed by atoms with Crippen molar-refractivity contribution in [2.24, 2.45) is 0 Å². The fourth-order valence-electron chi connectivity index (χ4n) is 8.44. The Bertz CT molecular complexity index is 3700. The Morgan fingerprint density at radius 3 is 1.48 bits per heavy atom. The predicted octanol–water partition coefficient (Wildman–Crippen LogP) is 13.0. The molecule has 4 aromatic carbocycles. The maximum atomic E-state index is 6.42. The molecule has 9 aromatic heterocycles. The fraction of sp³-hybridized carbons (Fsp3) is 0. The summed E-state index contributed by atoms with van der Waals surface area (Å²) in [6.07, 6.45) is 5.42. The van der Waals surface area contributed by atoms with Crippen LogP contribution in [0.15, 0.2) is 209 Å². The number of benzene rings is 4. The van der Waals surface area contributed by atoms with E-state index in [1.807, 2.05) is 144 Å². The third-order valence-corrected chi connectivity index (χ3v) is 11.2. The van der Waals surface area contributed by atoms with E-state index in [2.05, 4.69) is 69.1 Å². The van der Waals surface area contributed by atoms with E-state index in [4.69, 9.17) is 23.8 Å². The van der Waals surface area contributed by atoms with Crippen LogP contribution < -0.4 is 0 Å². The maximum Gasteiger partial charge on any atom is 0.216 e. The Morgan fingerprint density at radius 1 is 0.371 bits per heavy atom. The minimum absolute atomic E-state index is 0.751. The summed E-state index contributed by atoms with van der Waals surface area (Å²) in [6, 6.07) is 60.8. The third-order valence-electron chi connectivity index (χ3n) is 11.2. The van der Waals surface area contributed by atoms with Gasteiger partial charge in [0.2, 0.25) is 11.4 Å². The molecule has 13 aromatic rings. The van der Waals surface area contributed by atoms with E-state index >= 15 is 0 Å². The zero-order valence-corrected chi connectivity index (χ0v) is 33.0. The second kappa shape index (κ2) is 14.5. The van der Waals surface area contributed by atoms with Crippen LogP contribution >= 0.6 is 0 Å². The zero-order valence-electron chi connectivity index (χ0n) is 33.0. The van der Waals surface area contributed by atoms with Crippen LogP contribution in [0.4, 0.5) is 0 Å². The van der Waals surface area contributed by atoms with E-state index in [1.165, 1.54) is 0 Å². The van der Waals surface area contributed by atoms with Crippen molar-refractivity contribution < 1.29 is 8.83 Å². The van der Waals surface area contributed by atoms with Crippen LogP contribution in [0.1, 0.15) is 0 Å². The molecule has 292 valence electrons. The first-order chi connectivity index (χ1) is 30.8. The summed E-state index contributed by atoms with van der Waals surface area (Å²) in [6.45, 7) is 0. The number of hydrogen-bond donors (Lipinski definition) is 0. The van der Waals surface area contributed by atoms with E-state index in [-0.39, 0.29) is 0 Å². The van der Waals surface area contributed by atoms with Gasteiger partial charge in [0, 0.05) is 40.5 Å². The minimum atomic E-state index is 0.751. The minimum Gasteiger partial charge on any atom is -0.439 e. The van der Waals surface area contributed by atoms with Gasteiger partial charge in [-0.2, -0.15) is 0 Å². The van der Waals surface area contributed by atoms with Gasteiger partial charge in [-0.15, -0.1) is 0 Å². The van der Waals surface area contributed by atoms with Crippen molar-refractivity contribution in [3.05, 3.63) is 201 Å². The lowest BCUT2D eigenvalue weighted by molar-refractivity contribution is 0.643. The topological polar surface area (TPSA) is 101 Å². The molecule has 9 nitrogen and oxygen atoms in total. The standard InChI is InChI=1S/C30H19N3O.C23H14N4O/c1-3-10-20(11-4-1)24-18-22(19-25(32-24)21-12-5-2-6-13-21)33-26-15-9-17-31-29(26)28-23-14-7-8-16-27(23)34-30(28)33;1-2-11-19-15(7-1)21-22-18(10-6-14-25-22)27(23(21)28-19)20-12-5-9-17(26-20)16-8-3-4-13-24-16/h1-19H;1-14H. The molecule has 0 radical (unpaired) electrons. The Hall–Kier alpha value is -8.69. The van der Waals surface area contributed by atoms with Gasteiger partial charge in [-0.1, -0.05) is 109 Å². The first kappa shape index (κ1) is 35.3. The molecule has 62 heavy (non-hydrogen) atoms. The van der Waals surface area contributed by atoms with Crippen LogP contribution in [0.3, 0.4) is 0 Å². The van der Waals surface area contributed by atoms with Crippen molar-refractivity contribution in [1.82, 2.24) is 34.1 Å². The average Bonchev–Trinajstić information content (AvgIpc) is 4.09. The van der Waals surface area contributed by atoms with Crippen molar-refractivity contribution >= 4 is 66.2 Å². The predicted molar refractivity (Wildman–Crippen MR) is 246 cm³/mol. The maximum absolute atomic E-state index is 6.42.